The molecule has 0 aromatic heterocycles. The first-order chi connectivity index (χ1) is 11.5. The molecule has 24 heavy (non-hydrogen) atoms. The van der Waals surface area contributed by atoms with Gasteiger partial charge < -0.3 is 10.1 Å². The summed E-state index contributed by atoms with van der Waals surface area (Å²) in [5, 5.41) is 3.29. The third kappa shape index (κ3) is 5.15. The van der Waals surface area contributed by atoms with E-state index in [1.54, 1.807) is 13.8 Å². The zero-order valence-corrected chi connectivity index (χ0v) is 14.9. The minimum Gasteiger partial charge on any atom is -0.465 e. The van der Waals surface area contributed by atoms with Crippen LogP contribution in [-0.4, -0.2) is 47.1 Å². The molecule has 1 heterocycles. The highest BCUT2D eigenvalue weighted by Crippen LogP contribution is 2.22. The first-order valence-corrected chi connectivity index (χ1v) is 9.26. The summed E-state index contributed by atoms with van der Waals surface area (Å²) in [5.74, 6) is -1.28. The van der Waals surface area contributed by atoms with Crippen molar-refractivity contribution in [1.29, 1.82) is 0 Å². The minimum atomic E-state index is -0.796. The third-order valence-corrected chi connectivity index (χ3v) is 5.02. The molecule has 0 saturated heterocycles. The van der Waals surface area contributed by atoms with E-state index in [4.69, 9.17) is 4.74 Å². The molecular weight excluding hydrogens is 330 g/mol. The summed E-state index contributed by atoms with van der Waals surface area (Å²) >= 11 is 1.10. The molecule has 2 rings (SSSR count). The lowest BCUT2D eigenvalue weighted by atomic mass is 9.95. The van der Waals surface area contributed by atoms with Crippen LogP contribution in [0.25, 0.3) is 0 Å². The Morgan fingerprint density at radius 2 is 1.96 bits per heavy atom. The van der Waals surface area contributed by atoms with Crippen LogP contribution in [-0.2, 0) is 14.3 Å². The molecular formula is C16H23N3O4S. The van der Waals surface area contributed by atoms with Gasteiger partial charge in [-0.05, 0) is 26.7 Å². The average Bonchev–Trinajstić information content (AvgIpc) is 2.53. The lowest BCUT2D eigenvalue weighted by molar-refractivity contribution is -0.143. The standard InChI is InChI=1S/C16H23N3O4S/c1-3-23-15(21)13-10(2)17-16(22)19-14(13)24-9-12(20)18-11-7-5-4-6-8-11/h11,13H,3-9H2,1-2H3,(H,18,20). The molecule has 8 heteroatoms. The van der Waals surface area contributed by atoms with Crippen LogP contribution in [0.15, 0.2) is 9.98 Å². The molecule has 0 aromatic carbocycles. The second kappa shape index (κ2) is 8.96. The highest BCUT2D eigenvalue weighted by atomic mass is 32.2. The number of hydrogen-bond acceptors (Lipinski definition) is 5. The molecule has 0 spiro atoms. The lowest BCUT2D eigenvalue weighted by Crippen LogP contribution is -2.38. The van der Waals surface area contributed by atoms with Crippen LogP contribution in [0.5, 0.6) is 0 Å². The maximum Gasteiger partial charge on any atom is 0.367 e. The quantitative estimate of drug-likeness (QED) is 0.765. The van der Waals surface area contributed by atoms with Crippen LogP contribution in [0.3, 0.4) is 0 Å². The summed E-state index contributed by atoms with van der Waals surface area (Å²) in [6.45, 7) is 3.54. The molecule has 7 nitrogen and oxygen atoms in total. The zero-order valence-electron chi connectivity index (χ0n) is 14.0. The smallest absolute Gasteiger partial charge is 0.367 e. The first-order valence-electron chi connectivity index (χ1n) is 8.27. The first kappa shape index (κ1) is 18.6. The second-order valence-corrected chi connectivity index (χ2v) is 6.86. The van der Waals surface area contributed by atoms with E-state index in [1.807, 2.05) is 0 Å². The van der Waals surface area contributed by atoms with E-state index in [9.17, 15) is 14.4 Å². The van der Waals surface area contributed by atoms with Crippen LogP contribution in [0, 0.1) is 5.92 Å². The molecule has 1 unspecified atom stereocenters. The van der Waals surface area contributed by atoms with Crippen LogP contribution in [0.1, 0.15) is 46.0 Å². The van der Waals surface area contributed by atoms with Gasteiger partial charge in [0.15, 0.2) is 0 Å². The van der Waals surface area contributed by atoms with E-state index in [2.05, 4.69) is 15.3 Å². The zero-order chi connectivity index (χ0) is 17.5. The van der Waals surface area contributed by atoms with Gasteiger partial charge in [0.2, 0.25) is 5.91 Å². The number of nitrogens with one attached hydrogen (secondary N) is 1. The Hall–Kier alpha value is -1.70. The van der Waals surface area contributed by atoms with Crippen molar-refractivity contribution in [2.24, 2.45) is 15.9 Å². The fourth-order valence-corrected chi connectivity index (χ4v) is 3.78. The molecule has 1 aliphatic heterocycles. The maximum absolute atomic E-state index is 12.1. The number of urea groups is 1. The molecule has 1 aliphatic carbocycles. The van der Waals surface area contributed by atoms with Gasteiger partial charge >= 0.3 is 12.0 Å². The topological polar surface area (TPSA) is 97.2 Å². The molecule has 1 N–H and O–H groups in total. The van der Waals surface area contributed by atoms with Crippen molar-refractivity contribution in [3.63, 3.8) is 0 Å². The van der Waals surface area contributed by atoms with Crippen LogP contribution >= 0.6 is 11.8 Å². The Balaban J connectivity index is 1.93. The number of rotatable bonds is 5. The van der Waals surface area contributed by atoms with Crippen molar-refractivity contribution in [3.05, 3.63) is 0 Å². The number of esters is 1. The van der Waals surface area contributed by atoms with Crippen LogP contribution < -0.4 is 5.32 Å². The Bertz CT molecular complexity index is 568. The van der Waals surface area contributed by atoms with Gasteiger partial charge in [-0.15, -0.1) is 0 Å². The van der Waals surface area contributed by atoms with Gasteiger partial charge in [-0.3, -0.25) is 9.59 Å². The largest absolute Gasteiger partial charge is 0.465 e. The van der Waals surface area contributed by atoms with Gasteiger partial charge in [0, 0.05) is 11.8 Å². The maximum atomic E-state index is 12.1. The Kier molecular flexibility index (Phi) is 6.96. The lowest BCUT2D eigenvalue weighted by Gasteiger charge is -2.23. The normalized spacial score (nSPS) is 21.8. The van der Waals surface area contributed by atoms with Crippen molar-refractivity contribution < 1.29 is 19.1 Å². The van der Waals surface area contributed by atoms with E-state index in [-0.39, 0.29) is 29.4 Å². The molecule has 0 aromatic rings. The highest BCUT2D eigenvalue weighted by molar-refractivity contribution is 8.14. The number of carbonyl (C=O) groups is 3. The predicted octanol–water partition coefficient (Wildman–Crippen LogP) is 2.34. The van der Waals surface area contributed by atoms with Crippen LogP contribution in [0.2, 0.25) is 0 Å². The molecule has 3 amide bonds. The van der Waals surface area contributed by atoms with Gasteiger partial charge in [0.1, 0.15) is 5.92 Å². The van der Waals surface area contributed by atoms with E-state index >= 15 is 0 Å². The minimum absolute atomic E-state index is 0.107. The number of carbonyl (C=O) groups excluding carboxylic acids is 3. The number of amides is 3. The monoisotopic (exact) mass is 353 g/mol. The summed E-state index contributed by atoms with van der Waals surface area (Å²) in [6, 6.07) is -0.422. The van der Waals surface area contributed by atoms with Crippen molar-refractivity contribution >= 4 is 40.4 Å². The van der Waals surface area contributed by atoms with Gasteiger partial charge in [0.25, 0.3) is 0 Å². The number of nitrogens with zero attached hydrogens (tertiary/aromatic N) is 2. The number of ether oxygens (including phenoxy) is 1. The summed E-state index contributed by atoms with van der Waals surface area (Å²) in [7, 11) is 0. The van der Waals surface area contributed by atoms with Gasteiger partial charge in [-0.1, -0.05) is 31.0 Å². The Labute approximate surface area is 145 Å². The van der Waals surface area contributed by atoms with Crippen molar-refractivity contribution in [2.75, 3.05) is 12.4 Å². The Morgan fingerprint density at radius 1 is 1.25 bits per heavy atom. The fourth-order valence-electron chi connectivity index (χ4n) is 2.85. The fraction of sp³-hybridized carbons (Fsp3) is 0.688. The number of aliphatic imine (C=N–C) groups is 2. The molecule has 2 aliphatic rings. The summed E-state index contributed by atoms with van der Waals surface area (Å²) < 4.78 is 5.02. The van der Waals surface area contributed by atoms with Gasteiger partial charge in [0.05, 0.1) is 17.4 Å². The van der Waals surface area contributed by atoms with Gasteiger partial charge in [-0.2, -0.15) is 9.98 Å². The Morgan fingerprint density at radius 3 is 2.62 bits per heavy atom. The van der Waals surface area contributed by atoms with Crippen molar-refractivity contribution in [2.45, 2.75) is 52.0 Å². The van der Waals surface area contributed by atoms with E-state index in [0.717, 1.165) is 37.4 Å². The summed E-state index contributed by atoms with van der Waals surface area (Å²) in [6.07, 6.45) is 5.51. The number of hydrogen-bond donors (Lipinski definition) is 1. The summed E-state index contributed by atoms with van der Waals surface area (Å²) in [5.41, 5.74) is 0.351. The summed E-state index contributed by atoms with van der Waals surface area (Å²) in [4.78, 5) is 43.2. The van der Waals surface area contributed by atoms with E-state index in [1.165, 1.54) is 6.42 Å². The SMILES string of the molecule is CCOC(=O)C1C(C)=NC(=O)N=C1SCC(=O)NC1CCCCC1. The molecule has 132 valence electrons. The predicted molar refractivity (Wildman–Crippen MR) is 93.5 cm³/mol. The molecule has 0 radical (unpaired) electrons. The molecule has 1 atom stereocenters. The molecule has 1 fully saturated rings. The van der Waals surface area contributed by atoms with Crippen LogP contribution in [0.4, 0.5) is 4.79 Å². The third-order valence-electron chi connectivity index (χ3n) is 3.99. The molecule has 1 saturated carbocycles. The highest BCUT2D eigenvalue weighted by Gasteiger charge is 2.33. The molecule has 0 bridgehead atoms. The number of thioether (sulfide) groups is 1. The van der Waals surface area contributed by atoms with E-state index in [0.29, 0.717) is 5.71 Å². The average molecular weight is 353 g/mol. The second-order valence-electron chi connectivity index (χ2n) is 5.86. The van der Waals surface area contributed by atoms with Crippen molar-refractivity contribution in [3.8, 4) is 0 Å². The van der Waals surface area contributed by atoms with Gasteiger partial charge in [-0.25, -0.2) is 4.79 Å². The van der Waals surface area contributed by atoms with E-state index < -0.39 is 17.9 Å². The van der Waals surface area contributed by atoms with Crippen molar-refractivity contribution in [1.82, 2.24) is 5.32 Å².